The Bertz CT molecular complexity index is 781. The highest BCUT2D eigenvalue weighted by molar-refractivity contribution is 6.30. The van der Waals surface area contributed by atoms with Crippen molar-refractivity contribution in [3.63, 3.8) is 0 Å². The van der Waals surface area contributed by atoms with Gasteiger partial charge in [0, 0.05) is 42.3 Å². The Kier molecular flexibility index (Phi) is 6.91. The maximum atomic E-state index is 12.2. The Morgan fingerprint density at radius 1 is 1.19 bits per heavy atom. The van der Waals surface area contributed by atoms with Gasteiger partial charge in [-0.25, -0.2) is 0 Å². The van der Waals surface area contributed by atoms with Crippen LogP contribution in [0.4, 0.5) is 0 Å². The molecular formula is C22H25ClN2O2. The molecule has 142 valence electrons. The van der Waals surface area contributed by atoms with Gasteiger partial charge in [-0.2, -0.15) is 0 Å². The molecule has 27 heavy (non-hydrogen) atoms. The molecule has 0 saturated carbocycles. The number of para-hydroxylation sites is 1. The third kappa shape index (κ3) is 5.84. The van der Waals surface area contributed by atoms with Gasteiger partial charge >= 0.3 is 0 Å². The predicted molar refractivity (Wildman–Crippen MR) is 110 cm³/mol. The number of ether oxygens (including phenoxy) is 1. The van der Waals surface area contributed by atoms with Crippen LogP contribution in [0.2, 0.25) is 5.02 Å². The van der Waals surface area contributed by atoms with Crippen LogP contribution in [0.3, 0.4) is 0 Å². The first-order valence-electron chi connectivity index (χ1n) is 9.22. The lowest BCUT2D eigenvalue weighted by atomic mass is 10.0. The molecule has 0 aromatic heterocycles. The van der Waals surface area contributed by atoms with Gasteiger partial charge in [0.05, 0.1) is 7.11 Å². The number of rotatable bonds is 6. The maximum absolute atomic E-state index is 12.2. The average molecular weight is 385 g/mol. The molecule has 5 heteroatoms. The number of likely N-dealkylation sites (tertiary alicyclic amines) is 1. The second-order valence-electron chi connectivity index (χ2n) is 6.76. The number of amides is 1. The number of piperidine rings is 1. The molecule has 1 saturated heterocycles. The van der Waals surface area contributed by atoms with E-state index in [1.54, 1.807) is 19.3 Å². The van der Waals surface area contributed by atoms with Gasteiger partial charge in [-0.15, -0.1) is 0 Å². The fourth-order valence-electron chi connectivity index (χ4n) is 3.30. The normalized spacial score (nSPS) is 15.8. The molecule has 1 aliphatic heterocycles. The summed E-state index contributed by atoms with van der Waals surface area (Å²) < 4.78 is 5.30. The average Bonchev–Trinajstić information content (AvgIpc) is 2.70. The van der Waals surface area contributed by atoms with E-state index in [0.29, 0.717) is 0 Å². The molecule has 1 aliphatic rings. The van der Waals surface area contributed by atoms with E-state index in [0.717, 1.165) is 48.8 Å². The Balaban J connectivity index is 1.45. The molecular weight excluding hydrogens is 360 g/mol. The molecule has 1 heterocycles. The highest BCUT2D eigenvalue weighted by atomic mass is 35.5. The van der Waals surface area contributed by atoms with Crippen molar-refractivity contribution in [3.8, 4) is 5.75 Å². The molecule has 0 atom stereocenters. The molecule has 0 spiro atoms. The first-order valence-corrected chi connectivity index (χ1v) is 9.60. The summed E-state index contributed by atoms with van der Waals surface area (Å²) >= 11 is 5.94. The molecule has 1 amide bonds. The summed E-state index contributed by atoms with van der Waals surface area (Å²) in [4.78, 5) is 14.6. The number of halogens is 1. The molecule has 2 aromatic rings. The summed E-state index contributed by atoms with van der Waals surface area (Å²) in [5.74, 6) is 0.703. The van der Waals surface area contributed by atoms with Crippen LogP contribution < -0.4 is 10.1 Å². The molecule has 2 aromatic carbocycles. The van der Waals surface area contributed by atoms with Crippen molar-refractivity contribution in [2.24, 2.45) is 0 Å². The minimum absolute atomic E-state index is 0.0583. The lowest BCUT2D eigenvalue weighted by molar-refractivity contribution is -0.117. The monoisotopic (exact) mass is 384 g/mol. The number of nitrogens with one attached hydrogen (secondary N) is 1. The molecule has 4 nitrogen and oxygen atoms in total. The number of hydrogen-bond donors (Lipinski definition) is 1. The second kappa shape index (κ2) is 9.58. The Labute approximate surface area is 165 Å². The van der Waals surface area contributed by atoms with E-state index in [1.807, 2.05) is 36.4 Å². The van der Waals surface area contributed by atoms with E-state index >= 15 is 0 Å². The number of carbonyl (C=O) groups is 1. The summed E-state index contributed by atoms with van der Waals surface area (Å²) in [5, 5.41) is 3.87. The zero-order valence-corrected chi connectivity index (χ0v) is 16.3. The summed E-state index contributed by atoms with van der Waals surface area (Å²) in [7, 11) is 1.63. The van der Waals surface area contributed by atoms with Gasteiger partial charge in [-0.1, -0.05) is 41.9 Å². The van der Waals surface area contributed by atoms with Crippen LogP contribution >= 0.6 is 11.6 Å². The topological polar surface area (TPSA) is 41.6 Å². The number of carbonyl (C=O) groups excluding carboxylic acids is 1. The molecule has 0 radical (unpaired) electrons. The van der Waals surface area contributed by atoms with E-state index in [9.17, 15) is 4.79 Å². The van der Waals surface area contributed by atoms with Gasteiger partial charge < -0.3 is 10.1 Å². The zero-order chi connectivity index (χ0) is 19.1. The highest BCUT2D eigenvalue weighted by Crippen LogP contribution is 2.19. The van der Waals surface area contributed by atoms with Gasteiger partial charge in [0.15, 0.2) is 0 Å². The third-order valence-electron chi connectivity index (χ3n) is 4.81. The van der Waals surface area contributed by atoms with E-state index < -0.39 is 0 Å². The zero-order valence-electron chi connectivity index (χ0n) is 15.5. The van der Waals surface area contributed by atoms with E-state index in [4.69, 9.17) is 16.3 Å². The van der Waals surface area contributed by atoms with Crippen molar-refractivity contribution in [2.45, 2.75) is 25.4 Å². The summed E-state index contributed by atoms with van der Waals surface area (Å²) in [6.07, 6.45) is 5.30. The van der Waals surface area contributed by atoms with E-state index in [2.05, 4.69) is 22.3 Å². The first-order chi connectivity index (χ1) is 13.1. The van der Waals surface area contributed by atoms with Crippen molar-refractivity contribution in [2.75, 3.05) is 20.2 Å². The van der Waals surface area contributed by atoms with Crippen molar-refractivity contribution in [3.05, 3.63) is 70.8 Å². The van der Waals surface area contributed by atoms with Gasteiger partial charge in [0.25, 0.3) is 0 Å². The fraction of sp³-hybridized carbons (Fsp3) is 0.318. The van der Waals surface area contributed by atoms with Crippen LogP contribution in [0, 0.1) is 0 Å². The Morgan fingerprint density at radius 2 is 1.89 bits per heavy atom. The second-order valence-corrected chi connectivity index (χ2v) is 7.20. The molecule has 3 rings (SSSR count). The number of methoxy groups -OCH3 is 1. The summed E-state index contributed by atoms with van der Waals surface area (Å²) in [5.41, 5.74) is 2.16. The van der Waals surface area contributed by atoms with Gasteiger partial charge in [0.1, 0.15) is 5.75 Å². The third-order valence-corrected chi connectivity index (χ3v) is 5.06. The lowest BCUT2D eigenvalue weighted by Crippen LogP contribution is -2.43. The van der Waals surface area contributed by atoms with E-state index in [1.165, 1.54) is 5.56 Å². The van der Waals surface area contributed by atoms with Crippen LogP contribution in [-0.4, -0.2) is 37.0 Å². The molecule has 0 bridgehead atoms. The van der Waals surface area contributed by atoms with Crippen molar-refractivity contribution < 1.29 is 9.53 Å². The first kappa shape index (κ1) is 19.5. The van der Waals surface area contributed by atoms with Crippen LogP contribution in [0.15, 0.2) is 54.6 Å². The summed E-state index contributed by atoms with van der Waals surface area (Å²) in [6.45, 7) is 2.87. The van der Waals surface area contributed by atoms with Crippen LogP contribution in [0.5, 0.6) is 5.75 Å². The summed E-state index contributed by atoms with van der Waals surface area (Å²) in [6, 6.07) is 15.9. The highest BCUT2D eigenvalue weighted by Gasteiger charge is 2.20. The van der Waals surface area contributed by atoms with Gasteiger partial charge in [-0.3, -0.25) is 9.69 Å². The molecule has 0 aliphatic carbocycles. The minimum atomic E-state index is -0.0583. The smallest absolute Gasteiger partial charge is 0.244 e. The molecule has 1 N–H and O–H groups in total. The van der Waals surface area contributed by atoms with Crippen molar-refractivity contribution in [1.29, 1.82) is 0 Å². The lowest BCUT2D eigenvalue weighted by Gasteiger charge is -2.32. The van der Waals surface area contributed by atoms with Gasteiger partial charge in [0.2, 0.25) is 5.91 Å². The quantitative estimate of drug-likeness (QED) is 0.761. The van der Waals surface area contributed by atoms with Crippen LogP contribution in [0.25, 0.3) is 6.08 Å². The largest absolute Gasteiger partial charge is 0.496 e. The van der Waals surface area contributed by atoms with Crippen LogP contribution in [-0.2, 0) is 11.3 Å². The van der Waals surface area contributed by atoms with Crippen LogP contribution in [0.1, 0.15) is 24.0 Å². The molecule has 0 unspecified atom stereocenters. The van der Waals surface area contributed by atoms with E-state index in [-0.39, 0.29) is 11.9 Å². The predicted octanol–water partition coefficient (Wildman–Crippen LogP) is 4.14. The molecule has 1 fully saturated rings. The number of hydrogen-bond acceptors (Lipinski definition) is 3. The number of nitrogens with zero attached hydrogens (tertiary/aromatic N) is 1. The fourth-order valence-corrected chi connectivity index (χ4v) is 3.43. The minimum Gasteiger partial charge on any atom is -0.496 e. The van der Waals surface area contributed by atoms with Gasteiger partial charge in [-0.05, 0) is 42.7 Å². The van der Waals surface area contributed by atoms with Crippen molar-refractivity contribution in [1.82, 2.24) is 10.2 Å². The number of benzene rings is 2. The Hall–Kier alpha value is -2.30. The standard InChI is InChI=1S/C22H25ClN2O2/c1-27-21-5-3-2-4-18(21)8-11-22(26)24-20-12-14-25(15-13-20)16-17-6-9-19(23)10-7-17/h2-11,20H,12-16H2,1H3,(H,24,26)/b11-8+. The van der Waals surface area contributed by atoms with Crippen molar-refractivity contribution >= 4 is 23.6 Å². The maximum Gasteiger partial charge on any atom is 0.244 e. The Morgan fingerprint density at radius 3 is 2.59 bits per heavy atom. The SMILES string of the molecule is COc1ccccc1/C=C/C(=O)NC1CCN(Cc2ccc(Cl)cc2)CC1.